The lowest BCUT2D eigenvalue weighted by molar-refractivity contribution is 0.604. The lowest BCUT2D eigenvalue weighted by atomic mass is 10.3. The van der Waals surface area contributed by atoms with Crippen LogP contribution in [0.1, 0.15) is 13.8 Å². The van der Waals surface area contributed by atoms with Gasteiger partial charge in [-0.15, -0.1) is 0 Å². The van der Waals surface area contributed by atoms with Crippen LogP contribution < -0.4 is 0 Å². The molecule has 0 aromatic rings. The van der Waals surface area contributed by atoms with Gasteiger partial charge in [0.25, 0.3) is 0 Å². The van der Waals surface area contributed by atoms with Crippen molar-refractivity contribution in [2.24, 2.45) is 0 Å². The van der Waals surface area contributed by atoms with Crippen molar-refractivity contribution >= 4 is 9.84 Å². The molecule has 0 saturated carbocycles. The number of hydrogen-bond donors (Lipinski definition) is 0. The Morgan fingerprint density at radius 3 is 2.11 bits per heavy atom. The van der Waals surface area contributed by atoms with E-state index in [0.717, 1.165) is 5.57 Å². The summed E-state index contributed by atoms with van der Waals surface area (Å²) < 4.78 is 21.1. The molecular formula is C6H12O2S. The van der Waals surface area contributed by atoms with Gasteiger partial charge in [-0.05, 0) is 13.8 Å². The van der Waals surface area contributed by atoms with Gasteiger partial charge < -0.3 is 0 Å². The van der Waals surface area contributed by atoms with Crippen LogP contribution in [-0.4, -0.2) is 20.4 Å². The Morgan fingerprint density at radius 2 is 2.00 bits per heavy atom. The molecule has 0 radical (unpaired) electrons. The third-order valence-corrected chi connectivity index (χ3v) is 1.96. The van der Waals surface area contributed by atoms with E-state index in [2.05, 4.69) is 0 Å². The van der Waals surface area contributed by atoms with E-state index < -0.39 is 9.84 Å². The lowest BCUT2D eigenvalue weighted by Crippen LogP contribution is -2.03. The van der Waals surface area contributed by atoms with E-state index in [1.807, 2.05) is 6.92 Å². The quantitative estimate of drug-likeness (QED) is 0.547. The van der Waals surface area contributed by atoms with Crippen LogP contribution in [0.5, 0.6) is 0 Å². The molecule has 0 rings (SSSR count). The summed E-state index contributed by atoms with van der Waals surface area (Å²) in [5, 5.41) is 0. The first-order valence-electron chi connectivity index (χ1n) is 2.75. The molecule has 0 aliphatic heterocycles. The largest absolute Gasteiger partial charge is 0.229 e. The molecule has 54 valence electrons. The van der Waals surface area contributed by atoms with Crippen LogP contribution in [0.3, 0.4) is 0 Å². The van der Waals surface area contributed by atoms with Crippen LogP contribution >= 0.6 is 0 Å². The molecule has 9 heavy (non-hydrogen) atoms. The summed E-state index contributed by atoms with van der Waals surface area (Å²) in [6.07, 6.45) is 3.04. The molecule has 2 nitrogen and oxygen atoms in total. The van der Waals surface area contributed by atoms with Crippen LogP contribution in [0, 0.1) is 0 Å². The van der Waals surface area contributed by atoms with E-state index in [4.69, 9.17) is 0 Å². The predicted octanol–water partition coefficient (Wildman–Crippen LogP) is 0.997. The second kappa shape index (κ2) is 3.01. The van der Waals surface area contributed by atoms with Crippen molar-refractivity contribution in [2.45, 2.75) is 13.8 Å². The van der Waals surface area contributed by atoms with Gasteiger partial charge in [0.05, 0.1) is 5.75 Å². The molecule has 0 saturated heterocycles. The zero-order valence-corrected chi connectivity index (χ0v) is 6.83. The highest BCUT2D eigenvalue weighted by Crippen LogP contribution is 1.95. The highest BCUT2D eigenvalue weighted by molar-refractivity contribution is 7.90. The minimum atomic E-state index is -2.80. The normalized spacial score (nSPS) is 13.9. The fraction of sp³-hybridized carbons (Fsp3) is 0.667. The molecular weight excluding hydrogens is 136 g/mol. The van der Waals surface area contributed by atoms with Gasteiger partial charge in [0, 0.05) is 6.26 Å². The molecule has 0 bridgehead atoms. The van der Waals surface area contributed by atoms with Gasteiger partial charge in [0.2, 0.25) is 0 Å². The van der Waals surface area contributed by atoms with Crippen LogP contribution in [-0.2, 0) is 9.84 Å². The van der Waals surface area contributed by atoms with Gasteiger partial charge in [0.1, 0.15) is 0 Å². The number of allylic oxidation sites excluding steroid dienone is 1. The zero-order valence-electron chi connectivity index (χ0n) is 6.01. The van der Waals surface area contributed by atoms with Crippen LogP contribution in [0.25, 0.3) is 0 Å². The minimum absolute atomic E-state index is 0.184. The fourth-order valence-electron chi connectivity index (χ4n) is 0.497. The molecule has 0 aliphatic carbocycles. The van der Waals surface area contributed by atoms with Crippen molar-refractivity contribution in [3.63, 3.8) is 0 Å². The zero-order chi connectivity index (χ0) is 7.49. The summed E-state index contributed by atoms with van der Waals surface area (Å²) in [5.41, 5.74) is 0.900. The molecule has 0 amide bonds. The van der Waals surface area contributed by atoms with Crippen LogP contribution in [0.4, 0.5) is 0 Å². The first kappa shape index (κ1) is 8.69. The van der Waals surface area contributed by atoms with Gasteiger partial charge in [-0.1, -0.05) is 11.6 Å². The Balaban J connectivity index is 4.07. The van der Waals surface area contributed by atoms with Gasteiger partial charge in [-0.3, -0.25) is 0 Å². The maximum absolute atomic E-state index is 10.6. The molecule has 0 aliphatic rings. The summed E-state index contributed by atoms with van der Waals surface area (Å²) in [6, 6.07) is 0. The number of rotatable bonds is 2. The topological polar surface area (TPSA) is 34.1 Å². The van der Waals surface area contributed by atoms with Gasteiger partial charge in [-0.25, -0.2) is 8.42 Å². The Hall–Kier alpha value is -0.310. The highest BCUT2D eigenvalue weighted by Gasteiger charge is 2.00. The minimum Gasteiger partial charge on any atom is -0.229 e. The highest BCUT2D eigenvalue weighted by atomic mass is 32.2. The predicted molar refractivity (Wildman–Crippen MR) is 39.1 cm³/mol. The maximum atomic E-state index is 10.6. The third kappa shape index (κ3) is 5.56. The average molecular weight is 148 g/mol. The van der Waals surface area contributed by atoms with Crippen LogP contribution in [0.2, 0.25) is 0 Å². The average Bonchev–Trinajstić information content (AvgIpc) is 1.62. The van der Waals surface area contributed by atoms with E-state index in [9.17, 15) is 8.42 Å². The van der Waals surface area contributed by atoms with Gasteiger partial charge >= 0.3 is 0 Å². The monoisotopic (exact) mass is 148 g/mol. The summed E-state index contributed by atoms with van der Waals surface area (Å²) in [5.74, 6) is 0.184. The molecule has 0 atom stereocenters. The molecule has 0 N–H and O–H groups in total. The first-order chi connectivity index (χ1) is 3.95. The van der Waals surface area contributed by atoms with E-state index in [-0.39, 0.29) is 5.75 Å². The Bertz CT molecular complexity index is 199. The van der Waals surface area contributed by atoms with Gasteiger partial charge in [0.15, 0.2) is 9.84 Å². The molecule has 0 aromatic carbocycles. The Morgan fingerprint density at radius 1 is 1.56 bits per heavy atom. The smallest absolute Gasteiger partial charge is 0.151 e. The van der Waals surface area contributed by atoms with E-state index in [1.165, 1.54) is 6.26 Å². The number of sulfone groups is 1. The maximum Gasteiger partial charge on any atom is 0.151 e. The Kier molecular flexibility index (Phi) is 2.91. The second-order valence-corrected chi connectivity index (χ2v) is 4.35. The summed E-state index contributed by atoms with van der Waals surface area (Å²) in [6.45, 7) is 3.64. The summed E-state index contributed by atoms with van der Waals surface area (Å²) in [7, 11) is -2.80. The first-order valence-corrected chi connectivity index (χ1v) is 4.81. The molecule has 0 aromatic heterocycles. The molecule has 0 fully saturated rings. The Labute approximate surface area is 56.5 Å². The van der Waals surface area contributed by atoms with Crippen molar-refractivity contribution in [1.82, 2.24) is 0 Å². The van der Waals surface area contributed by atoms with Crippen molar-refractivity contribution in [3.8, 4) is 0 Å². The van der Waals surface area contributed by atoms with Crippen molar-refractivity contribution in [3.05, 3.63) is 11.6 Å². The molecule has 0 heterocycles. The third-order valence-electron chi connectivity index (χ3n) is 0.983. The fourth-order valence-corrected chi connectivity index (χ4v) is 1.49. The summed E-state index contributed by atoms with van der Waals surface area (Å²) in [4.78, 5) is 0. The van der Waals surface area contributed by atoms with Crippen molar-refractivity contribution in [1.29, 1.82) is 0 Å². The number of hydrogen-bond acceptors (Lipinski definition) is 2. The lowest BCUT2D eigenvalue weighted by Gasteiger charge is -1.94. The van der Waals surface area contributed by atoms with E-state index >= 15 is 0 Å². The molecule has 3 heteroatoms. The summed E-state index contributed by atoms with van der Waals surface area (Å²) >= 11 is 0. The van der Waals surface area contributed by atoms with Crippen molar-refractivity contribution in [2.75, 3.05) is 12.0 Å². The SMILES string of the molecule is C/C=C(\C)CS(C)(=O)=O. The standard InChI is InChI=1S/C6H12O2S/c1-4-6(2)5-9(3,7)8/h4H,5H2,1-3H3/b6-4+. The molecule has 0 unspecified atom stereocenters. The van der Waals surface area contributed by atoms with E-state index in [0.29, 0.717) is 0 Å². The van der Waals surface area contributed by atoms with Crippen molar-refractivity contribution < 1.29 is 8.42 Å². The molecule has 0 spiro atoms. The van der Waals surface area contributed by atoms with Crippen LogP contribution in [0.15, 0.2) is 11.6 Å². The van der Waals surface area contributed by atoms with Gasteiger partial charge in [-0.2, -0.15) is 0 Å². The van der Waals surface area contributed by atoms with E-state index in [1.54, 1.807) is 13.0 Å². The second-order valence-electron chi connectivity index (χ2n) is 2.21.